The monoisotopic (exact) mass is 1020 g/mol. The van der Waals surface area contributed by atoms with E-state index in [9.17, 15) is 0 Å². The van der Waals surface area contributed by atoms with Gasteiger partial charge in [0, 0.05) is 35.5 Å². The van der Waals surface area contributed by atoms with Gasteiger partial charge in [0.15, 0.2) is 0 Å². The number of hydrogen-bond acceptors (Lipinski definition) is 5. The van der Waals surface area contributed by atoms with Crippen molar-refractivity contribution in [1.29, 1.82) is 0 Å². The van der Waals surface area contributed by atoms with Crippen molar-refractivity contribution in [2.45, 2.75) is 162 Å². The molecule has 5 nitrogen and oxygen atoms in total. The standard InChI is InChI=1S/4C10H8.8C3H8.5CH4O/c4*1-2-6-10-8-4-3-7-9(10)5-1;8*1-3-2;5*1-2/h4*1-8H;8*3H2,1-2H3;5*2H,1H3. The Kier molecular flexibility index (Phi) is 104. The lowest BCUT2D eigenvalue weighted by molar-refractivity contribution is 0.399. The van der Waals surface area contributed by atoms with E-state index < -0.39 is 0 Å². The molecular weight excluding hydrogens is 909 g/mol. The van der Waals surface area contributed by atoms with Gasteiger partial charge >= 0.3 is 0 Å². The lowest BCUT2D eigenvalue weighted by Gasteiger charge is -1.92. The summed E-state index contributed by atoms with van der Waals surface area (Å²) in [6.45, 7) is 34.0. The average molecular weight is 1030 g/mol. The topological polar surface area (TPSA) is 101 Å². The first-order valence-electron chi connectivity index (χ1n) is 27.2. The van der Waals surface area contributed by atoms with Crippen LogP contribution >= 0.6 is 0 Å². The summed E-state index contributed by atoms with van der Waals surface area (Å²) in [5.41, 5.74) is 0. The van der Waals surface area contributed by atoms with E-state index in [4.69, 9.17) is 25.5 Å². The molecule has 0 saturated carbocycles. The zero-order valence-electron chi connectivity index (χ0n) is 51.4. The maximum absolute atomic E-state index is 7.00. The van der Waals surface area contributed by atoms with Crippen molar-refractivity contribution in [2.24, 2.45) is 0 Å². The largest absolute Gasteiger partial charge is 0.400 e. The number of rotatable bonds is 0. The molecule has 0 aromatic heterocycles. The van der Waals surface area contributed by atoms with Crippen molar-refractivity contribution in [3.8, 4) is 0 Å². The number of aliphatic hydroxyl groups excluding tert-OH is 5. The smallest absolute Gasteiger partial charge is 0.0319 e. The predicted octanol–water partition coefficient (Wildman–Crippen LogP) is 20.7. The van der Waals surface area contributed by atoms with Gasteiger partial charge in [-0.3, -0.25) is 0 Å². The molecule has 0 bridgehead atoms. The van der Waals surface area contributed by atoms with E-state index in [2.05, 4.69) is 305 Å². The molecule has 0 heterocycles. The van der Waals surface area contributed by atoms with Crippen molar-refractivity contribution in [3.63, 3.8) is 0 Å². The summed E-state index contributed by atoms with van der Waals surface area (Å²) in [5.74, 6) is 0. The van der Waals surface area contributed by atoms with Gasteiger partial charge in [0.25, 0.3) is 0 Å². The average Bonchev–Trinajstić information content (AvgIpc) is 3.46. The van der Waals surface area contributed by atoms with E-state index in [0.717, 1.165) is 35.5 Å². The van der Waals surface area contributed by atoms with E-state index in [-0.39, 0.29) is 0 Å². The van der Waals surface area contributed by atoms with Crippen LogP contribution in [-0.2, 0) is 0 Å². The van der Waals surface area contributed by atoms with Crippen LogP contribution in [0.1, 0.15) is 162 Å². The summed E-state index contributed by atoms with van der Waals surface area (Å²) in [5, 5.41) is 45.5. The van der Waals surface area contributed by atoms with E-state index in [1.54, 1.807) is 0 Å². The number of aliphatic hydroxyl groups is 5. The molecule has 0 radical (unpaired) electrons. The van der Waals surface area contributed by atoms with Gasteiger partial charge in [-0.1, -0.05) is 356 Å². The summed E-state index contributed by atoms with van der Waals surface area (Å²) in [4.78, 5) is 0. The van der Waals surface area contributed by atoms with Crippen LogP contribution in [0.5, 0.6) is 0 Å². The van der Waals surface area contributed by atoms with Gasteiger partial charge in [-0.05, 0) is 43.1 Å². The lowest BCUT2D eigenvalue weighted by atomic mass is 10.1. The SMILES string of the molecule is CCC.CCC.CCC.CCC.CCC.CCC.CCC.CCC.CO.CO.CO.CO.CO.c1ccc2ccccc2c1.c1ccc2ccccc2c1.c1ccc2ccccc2c1.c1ccc2ccccc2c1. The third-order valence-corrected chi connectivity index (χ3v) is 6.63. The normalized spacial score (nSPS) is 7.76. The molecule has 0 fully saturated rings. The maximum Gasteiger partial charge on any atom is 0.0319 e. The van der Waals surface area contributed by atoms with E-state index in [1.165, 1.54) is 94.5 Å². The highest BCUT2D eigenvalue weighted by molar-refractivity contribution is 5.84. The Morgan fingerprint density at radius 3 is 0.230 bits per heavy atom. The molecule has 74 heavy (non-hydrogen) atoms. The Balaban J connectivity index is -0.0000000912. The first kappa shape index (κ1) is 88.3. The first-order chi connectivity index (χ1) is 36.2. The molecule has 0 saturated heterocycles. The van der Waals surface area contributed by atoms with Gasteiger partial charge in [0.1, 0.15) is 0 Å². The fraction of sp³-hybridized carbons (Fsp3) is 0.420. The van der Waals surface area contributed by atoms with Crippen molar-refractivity contribution in [3.05, 3.63) is 194 Å². The fourth-order valence-electron chi connectivity index (χ4n) is 4.53. The highest BCUT2D eigenvalue weighted by Crippen LogP contribution is 2.13. The number of hydrogen-bond donors (Lipinski definition) is 5. The Hall–Kier alpha value is -5.40. The zero-order valence-corrected chi connectivity index (χ0v) is 51.4. The lowest BCUT2D eigenvalue weighted by Crippen LogP contribution is -1.67. The Labute approximate surface area is 458 Å². The first-order valence-corrected chi connectivity index (χ1v) is 27.2. The summed E-state index contributed by atoms with van der Waals surface area (Å²) >= 11 is 0. The summed E-state index contributed by atoms with van der Waals surface area (Å²) in [6.07, 6.45) is 10.0. The van der Waals surface area contributed by atoms with Gasteiger partial charge in [-0.25, -0.2) is 0 Å². The maximum atomic E-state index is 7.00. The highest BCUT2D eigenvalue weighted by Gasteiger charge is 1.88. The minimum Gasteiger partial charge on any atom is -0.400 e. The van der Waals surface area contributed by atoms with Crippen LogP contribution in [0.2, 0.25) is 0 Å². The fourth-order valence-corrected chi connectivity index (χ4v) is 4.53. The van der Waals surface area contributed by atoms with Crippen molar-refractivity contribution in [1.82, 2.24) is 0 Å². The third-order valence-electron chi connectivity index (χ3n) is 6.63. The zero-order chi connectivity index (χ0) is 58.9. The van der Waals surface area contributed by atoms with Gasteiger partial charge in [0.05, 0.1) is 0 Å². The van der Waals surface area contributed by atoms with Crippen LogP contribution in [0.15, 0.2) is 194 Å². The molecule has 0 aliphatic rings. The molecule has 0 atom stereocenters. The van der Waals surface area contributed by atoms with E-state index in [1.807, 2.05) is 0 Å². The molecule has 0 aliphatic carbocycles. The quantitative estimate of drug-likeness (QED) is 0.104. The van der Waals surface area contributed by atoms with Gasteiger partial charge in [0.2, 0.25) is 0 Å². The molecule has 0 unspecified atom stereocenters. The minimum atomic E-state index is 1.00. The molecule has 0 amide bonds. The molecule has 5 heteroatoms. The number of fused-ring (bicyclic) bond motifs is 4. The molecule has 5 N–H and O–H groups in total. The Morgan fingerprint density at radius 1 is 0.149 bits per heavy atom. The molecule has 0 aliphatic heterocycles. The summed E-state index contributed by atoms with van der Waals surface area (Å²) < 4.78 is 0. The van der Waals surface area contributed by atoms with Crippen molar-refractivity contribution >= 4 is 43.1 Å². The van der Waals surface area contributed by atoms with Crippen molar-refractivity contribution in [2.75, 3.05) is 35.5 Å². The third kappa shape index (κ3) is 64.6. The van der Waals surface area contributed by atoms with Crippen LogP contribution in [0.3, 0.4) is 0 Å². The highest BCUT2D eigenvalue weighted by atomic mass is 16.2. The van der Waals surface area contributed by atoms with Crippen molar-refractivity contribution < 1.29 is 25.5 Å². The van der Waals surface area contributed by atoms with Gasteiger partial charge < -0.3 is 25.5 Å². The van der Waals surface area contributed by atoms with Gasteiger partial charge in [-0.2, -0.15) is 0 Å². The van der Waals surface area contributed by atoms with Crippen LogP contribution < -0.4 is 0 Å². The predicted molar refractivity (Wildman–Crippen MR) is 344 cm³/mol. The molecule has 8 aromatic rings. The van der Waals surface area contributed by atoms with Crippen LogP contribution in [0.4, 0.5) is 0 Å². The van der Waals surface area contributed by atoms with E-state index >= 15 is 0 Å². The van der Waals surface area contributed by atoms with Crippen LogP contribution in [-0.4, -0.2) is 61.1 Å². The summed E-state index contributed by atoms with van der Waals surface area (Å²) in [6, 6.07) is 66.9. The minimum absolute atomic E-state index is 1.00. The second kappa shape index (κ2) is 87.3. The Morgan fingerprint density at radius 2 is 0.189 bits per heavy atom. The van der Waals surface area contributed by atoms with Crippen LogP contribution in [0.25, 0.3) is 43.1 Å². The second-order valence-electron chi connectivity index (χ2n) is 15.0. The summed E-state index contributed by atoms with van der Waals surface area (Å²) in [7, 11) is 5.00. The number of benzene rings is 8. The second-order valence-corrected chi connectivity index (χ2v) is 15.0. The van der Waals surface area contributed by atoms with E-state index in [0.29, 0.717) is 0 Å². The van der Waals surface area contributed by atoms with Crippen LogP contribution in [0, 0.1) is 0 Å². The Bertz CT molecular complexity index is 1510. The molecule has 8 aromatic carbocycles. The molecule has 0 spiro atoms. The molecule has 8 rings (SSSR count). The molecule has 422 valence electrons. The van der Waals surface area contributed by atoms with Gasteiger partial charge in [-0.15, -0.1) is 0 Å². The molecular formula is C69H116O5.